The Morgan fingerprint density at radius 2 is 2.19 bits per heavy atom. The summed E-state index contributed by atoms with van der Waals surface area (Å²) in [5, 5.41) is 7.15. The highest BCUT2D eigenvalue weighted by atomic mass is 127. The number of benzene rings is 1. The molecule has 0 aromatic heterocycles. The molecule has 2 unspecified atom stereocenters. The lowest BCUT2D eigenvalue weighted by molar-refractivity contribution is -0.0343. The van der Waals surface area contributed by atoms with E-state index < -0.39 is 0 Å². The van der Waals surface area contributed by atoms with Gasteiger partial charge >= 0.3 is 0 Å². The van der Waals surface area contributed by atoms with Crippen LogP contribution in [-0.2, 0) is 4.74 Å². The zero-order chi connectivity index (χ0) is 18.5. The molecule has 0 amide bonds. The number of morpholine rings is 1. The Morgan fingerprint density at radius 1 is 1.41 bits per heavy atom. The predicted octanol–water partition coefficient (Wildman–Crippen LogP) is 3.43. The van der Waals surface area contributed by atoms with Crippen molar-refractivity contribution in [2.24, 2.45) is 10.9 Å². The van der Waals surface area contributed by atoms with Gasteiger partial charge in [0.25, 0.3) is 0 Å². The highest BCUT2D eigenvalue weighted by Gasteiger charge is 2.29. The van der Waals surface area contributed by atoms with Crippen LogP contribution in [0.1, 0.15) is 31.4 Å². The van der Waals surface area contributed by atoms with Crippen LogP contribution < -0.4 is 10.6 Å². The molecule has 2 aliphatic rings. The van der Waals surface area contributed by atoms with Crippen molar-refractivity contribution >= 4 is 41.5 Å². The van der Waals surface area contributed by atoms with Crippen molar-refractivity contribution in [2.75, 3.05) is 39.8 Å². The lowest BCUT2D eigenvalue weighted by Crippen LogP contribution is -2.48. The van der Waals surface area contributed by atoms with Crippen molar-refractivity contribution in [3.63, 3.8) is 0 Å². The van der Waals surface area contributed by atoms with E-state index in [0.717, 1.165) is 31.5 Å². The topological polar surface area (TPSA) is 48.9 Å². The lowest BCUT2D eigenvalue weighted by Gasteiger charge is -2.38. The van der Waals surface area contributed by atoms with Gasteiger partial charge in [-0.2, -0.15) is 0 Å². The molecule has 8 heteroatoms. The van der Waals surface area contributed by atoms with Gasteiger partial charge in [0.15, 0.2) is 5.96 Å². The Labute approximate surface area is 183 Å². The van der Waals surface area contributed by atoms with Gasteiger partial charge in [-0.3, -0.25) is 9.89 Å². The molecule has 0 spiro atoms. The predicted molar refractivity (Wildman–Crippen MR) is 119 cm³/mol. The molecular formula is C19H29ClFIN4O. The molecule has 3 rings (SSSR count). The van der Waals surface area contributed by atoms with Crippen molar-refractivity contribution in [3.8, 4) is 0 Å². The normalized spacial score (nSPS) is 22.1. The van der Waals surface area contributed by atoms with Crippen LogP contribution in [0.25, 0.3) is 0 Å². The van der Waals surface area contributed by atoms with Gasteiger partial charge in [-0.25, -0.2) is 4.39 Å². The lowest BCUT2D eigenvalue weighted by atomic mass is 10.0. The third-order valence-electron chi connectivity index (χ3n) is 4.99. The van der Waals surface area contributed by atoms with Crippen molar-refractivity contribution in [1.82, 2.24) is 15.5 Å². The van der Waals surface area contributed by atoms with E-state index >= 15 is 0 Å². The largest absolute Gasteiger partial charge is 0.376 e. The summed E-state index contributed by atoms with van der Waals surface area (Å²) in [5.74, 6) is 1.23. The van der Waals surface area contributed by atoms with Crippen molar-refractivity contribution in [2.45, 2.75) is 31.9 Å². The summed E-state index contributed by atoms with van der Waals surface area (Å²) in [6.45, 7) is 5.62. The molecule has 1 saturated heterocycles. The molecular weight excluding hydrogens is 482 g/mol. The zero-order valence-electron chi connectivity index (χ0n) is 15.9. The first kappa shape index (κ1) is 22.6. The van der Waals surface area contributed by atoms with E-state index in [-0.39, 0.29) is 41.9 Å². The van der Waals surface area contributed by atoms with Crippen molar-refractivity contribution in [3.05, 3.63) is 34.6 Å². The molecule has 5 nitrogen and oxygen atoms in total. The van der Waals surface area contributed by atoms with Crippen LogP contribution in [0.2, 0.25) is 5.02 Å². The highest BCUT2D eigenvalue weighted by Crippen LogP contribution is 2.31. The second-order valence-electron chi connectivity index (χ2n) is 7.10. The minimum Gasteiger partial charge on any atom is -0.376 e. The number of halogens is 3. The zero-order valence-corrected chi connectivity index (χ0v) is 19.0. The van der Waals surface area contributed by atoms with Gasteiger partial charge in [-0.1, -0.05) is 17.7 Å². The number of ether oxygens (including phenoxy) is 1. The number of hydrogen-bond acceptors (Lipinski definition) is 3. The molecule has 2 N–H and O–H groups in total. The first-order valence-electron chi connectivity index (χ1n) is 9.32. The summed E-state index contributed by atoms with van der Waals surface area (Å²) in [6.07, 6.45) is 2.68. The van der Waals surface area contributed by atoms with Crippen LogP contribution in [0.5, 0.6) is 0 Å². The molecule has 152 valence electrons. The van der Waals surface area contributed by atoms with Gasteiger partial charge in [-0.05, 0) is 37.8 Å². The number of rotatable bonds is 6. The molecule has 1 heterocycles. The third-order valence-corrected chi connectivity index (χ3v) is 5.32. The quantitative estimate of drug-likeness (QED) is 0.350. The average Bonchev–Trinajstić information content (AvgIpc) is 3.44. The van der Waals surface area contributed by atoms with Crippen LogP contribution in [0, 0.1) is 11.7 Å². The number of nitrogens with one attached hydrogen (secondary N) is 2. The Bertz CT molecular complexity index is 624. The Balaban J connectivity index is 0.00000261. The van der Waals surface area contributed by atoms with Crippen LogP contribution in [0.15, 0.2) is 23.2 Å². The van der Waals surface area contributed by atoms with Crippen molar-refractivity contribution in [1.29, 1.82) is 0 Å². The van der Waals surface area contributed by atoms with E-state index in [1.165, 1.54) is 18.9 Å². The van der Waals surface area contributed by atoms with Gasteiger partial charge in [0.05, 0.1) is 18.8 Å². The minimum absolute atomic E-state index is 0. The van der Waals surface area contributed by atoms with Gasteiger partial charge in [0.2, 0.25) is 0 Å². The first-order valence-corrected chi connectivity index (χ1v) is 9.70. The molecule has 1 aliphatic carbocycles. The van der Waals surface area contributed by atoms with Gasteiger partial charge in [-0.15, -0.1) is 24.0 Å². The molecule has 0 bridgehead atoms. The summed E-state index contributed by atoms with van der Waals surface area (Å²) in [4.78, 5) is 6.52. The van der Waals surface area contributed by atoms with E-state index in [2.05, 4.69) is 20.5 Å². The molecule has 2 fully saturated rings. The maximum atomic E-state index is 14.6. The molecule has 2 atom stereocenters. The van der Waals surface area contributed by atoms with E-state index in [4.69, 9.17) is 16.3 Å². The van der Waals surface area contributed by atoms with Crippen LogP contribution in [-0.4, -0.2) is 56.8 Å². The van der Waals surface area contributed by atoms with E-state index in [1.807, 2.05) is 6.92 Å². The Kier molecular flexibility index (Phi) is 9.04. The molecule has 1 aliphatic heterocycles. The van der Waals surface area contributed by atoms with Crippen molar-refractivity contribution < 1.29 is 9.13 Å². The number of aliphatic imine (C=N–C) groups is 1. The summed E-state index contributed by atoms with van der Waals surface area (Å²) < 4.78 is 20.3. The Morgan fingerprint density at radius 3 is 2.81 bits per heavy atom. The fourth-order valence-electron chi connectivity index (χ4n) is 3.35. The standard InChI is InChI=1S/C19H28ClFN4O.HI/c1-13-12-25(8-9-26-13)17(18-15(20)4-3-5-16(18)21)11-24-19(22-2)23-10-14-6-7-14;/h3-5,13-14,17H,6-12H2,1-2H3,(H2,22,23,24);1H. The maximum Gasteiger partial charge on any atom is 0.191 e. The molecule has 1 aromatic rings. The summed E-state index contributed by atoms with van der Waals surface area (Å²) >= 11 is 6.37. The van der Waals surface area contributed by atoms with E-state index in [9.17, 15) is 4.39 Å². The van der Waals surface area contributed by atoms with Gasteiger partial charge in [0, 0.05) is 43.8 Å². The summed E-state index contributed by atoms with van der Waals surface area (Å²) in [6, 6.07) is 4.67. The second-order valence-corrected chi connectivity index (χ2v) is 7.51. The van der Waals surface area contributed by atoms with Crippen LogP contribution >= 0.6 is 35.6 Å². The fourth-order valence-corrected chi connectivity index (χ4v) is 3.64. The molecule has 27 heavy (non-hydrogen) atoms. The second kappa shape index (κ2) is 10.8. The number of guanidine groups is 1. The van der Waals surface area contributed by atoms with Gasteiger partial charge < -0.3 is 15.4 Å². The highest BCUT2D eigenvalue weighted by molar-refractivity contribution is 14.0. The minimum atomic E-state index is -0.274. The van der Waals surface area contributed by atoms with Gasteiger partial charge in [0.1, 0.15) is 5.82 Å². The SMILES string of the molecule is CN=C(NCC1CC1)NCC(c1c(F)cccc1Cl)N1CCOC(C)C1.I. The number of nitrogens with zero attached hydrogens (tertiary/aromatic N) is 2. The smallest absolute Gasteiger partial charge is 0.191 e. The molecule has 1 saturated carbocycles. The van der Waals surface area contributed by atoms with E-state index in [1.54, 1.807) is 19.2 Å². The van der Waals surface area contributed by atoms with E-state index in [0.29, 0.717) is 23.7 Å². The monoisotopic (exact) mass is 510 g/mol. The Hall–Kier alpha value is -0.640. The fraction of sp³-hybridized carbons (Fsp3) is 0.632. The molecule has 0 radical (unpaired) electrons. The summed E-state index contributed by atoms with van der Waals surface area (Å²) in [5.41, 5.74) is 0.536. The molecule has 1 aromatic carbocycles. The third kappa shape index (κ3) is 6.44. The first-order chi connectivity index (χ1) is 12.6. The summed E-state index contributed by atoms with van der Waals surface area (Å²) in [7, 11) is 1.75. The number of hydrogen-bond donors (Lipinski definition) is 2. The maximum absolute atomic E-state index is 14.6. The average molecular weight is 511 g/mol. The van der Waals surface area contributed by atoms with Crippen LogP contribution in [0.4, 0.5) is 4.39 Å². The van der Waals surface area contributed by atoms with Crippen LogP contribution in [0.3, 0.4) is 0 Å².